The second-order valence-electron chi connectivity index (χ2n) is 6.90. The molecule has 0 saturated heterocycles. The van der Waals surface area contributed by atoms with Gasteiger partial charge in [0.05, 0.1) is 10.0 Å². The zero-order valence-electron chi connectivity index (χ0n) is 13.6. The molecule has 24 heavy (non-hydrogen) atoms. The Balaban J connectivity index is 1.43. The van der Waals surface area contributed by atoms with Crippen LogP contribution < -0.4 is 16.4 Å². The highest BCUT2D eigenvalue weighted by molar-refractivity contribution is 6.35. The monoisotopic (exact) mass is 370 g/mol. The molecule has 2 aliphatic carbocycles. The maximum atomic E-state index is 12.4. The molecular formula is C17H24Cl2N4O. The molecule has 5 nitrogen and oxygen atoms in total. The number of fused-ring (bicyclic) bond motifs is 2. The molecule has 2 unspecified atom stereocenters. The molecular weight excluding hydrogens is 347 g/mol. The first-order valence-electron chi connectivity index (χ1n) is 8.63. The van der Waals surface area contributed by atoms with Crippen molar-refractivity contribution in [3.05, 3.63) is 22.3 Å². The maximum absolute atomic E-state index is 12.4. The zero-order chi connectivity index (χ0) is 17.1. The molecule has 2 fully saturated rings. The summed E-state index contributed by atoms with van der Waals surface area (Å²) in [7, 11) is 0. The van der Waals surface area contributed by atoms with Gasteiger partial charge in [0.1, 0.15) is 5.82 Å². The highest BCUT2D eigenvalue weighted by Crippen LogP contribution is 2.41. The van der Waals surface area contributed by atoms with Crippen molar-refractivity contribution in [3.63, 3.8) is 0 Å². The Labute approximate surface area is 152 Å². The number of pyridine rings is 1. The fourth-order valence-electron chi connectivity index (χ4n) is 4.06. The van der Waals surface area contributed by atoms with E-state index in [1.54, 1.807) is 12.3 Å². The van der Waals surface area contributed by atoms with E-state index in [0.29, 0.717) is 46.8 Å². The second-order valence-corrected chi connectivity index (χ2v) is 7.74. The Morgan fingerprint density at radius 2 is 1.96 bits per heavy atom. The van der Waals surface area contributed by atoms with Gasteiger partial charge in [0.25, 0.3) is 0 Å². The van der Waals surface area contributed by atoms with Gasteiger partial charge in [0.2, 0.25) is 5.91 Å². The van der Waals surface area contributed by atoms with Crippen LogP contribution in [-0.4, -0.2) is 30.0 Å². The fraction of sp³-hybridized carbons (Fsp3) is 0.647. The van der Waals surface area contributed by atoms with Crippen molar-refractivity contribution in [2.45, 2.75) is 38.1 Å². The Kier molecular flexibility index (Phi) is 5.85. The summed E-state index contributed by atoms with van der Waals surface area (Å²) in [5.41, 5.74) is 6.29. The lowest BCUT2D eigenvalue weighted by atomic mass is 9.65. The number of hydrogen-bond acceptors (Lipinski definition) is 4. The molecule has 2 atom stereocenters. The van der Waals surface area contributed by atoms with Gasteiger partial charge in [0, 0.05) is 31.2 Å². The number of anilines is 1. The summed E-state index contributed by atoms with van der Waals surface area (Å²) >= 11 is 11.9. The molecule has 2 bridgehead atoms. The first kappa shape index (κ1) is 17.8. The van der Waals surface area contributed by atoms with Crippen LogP contribution in [-0.2, 0) is 4.79 Å². The third-order valence-electron chi connectivity index (χ3n) is 5.31. The van der Waals surface area contributed by atoms with Gasteiger partial charge in [-0.25, -0.2) is 4.98 Å². The lowest BCUT2D eigenvalue weighted by Crippen LogP contribution is -2.49. The van der Waals surface area contributed by atoms with E-state index in [0.717, 1.165) is 12.8 Å². The lowest BCUT2D eigenvalue weighted by Gasteiger charge is -2.43. The predicted octanol–water partition coefficient (Wildman–Crippen LogP) is 3.07. The second kappa shape index (κ2) is 7.89. The molecule has 1 aromatic heterocycles. The van der Waals surface area contributed by atoms with Crippen molar-refractivity contribution in [3.8, 4) is 0 Å². The number of rotatable bonds is 5. The van der Waals surface area contributed by atoms with E-state index in [1.165, 1.54) is 19.3 Å². The Bertz CT molecular complexity index is 584. The van der Waals surface area contributed by atoms with Gasteiger partial charge in [-0.1, -0.05) is 29.6 Å². The van der Waals surface area contributed by atoms with E-state index >= 15 is 0 Å². The highest BCUT2D eigenvalue weighted by Gasteiger charge is 2.40. The van der Waals surface area contributed by atoms with Crippen molar-refractivity contribution < 1.29 is 4.79 Å². The van der Waals surface area contributed by atoms with Crippen LogP contribution in [0.3, 0.4) is 0 Å². The molecule has 7 heteroatoms. The van der Waals surface area contributed by atoms with Crippen molar-refractivity contribution in [1.82, 2.24) is 10.3 Å². The average Bonchev–Trinajstić information content (AvgIpc) is 2.52. The molecule has 1 aromatic rings. The van der Waals surface area contributed by atoms with Gasteiger partial charge in [0.15, 0.2) is 0 Å². The summed E-state index contributed by atoms with van der Waals surface area (Å²) in [6, 6.07) is 1.93. The third-order valence-corrected chi connectivity index (χ3v) is 5.80. The molecule has 3 rings (SSSR count). The number of aromatic nitrogens is 1. The first-order valence-corrected chi connectivity index (χ1v) is 9.38. The first-order chi connectivity index (χ1) is 11.5. The number of hydrogen-bond donors (Lipinski definition) is 3. The SMILES string of the molecule is NC1C2CCCC1CC(C(=O)NCCNc1ncc(Cl)cc1Cl)C2. The molecule has 0 aromatic carbocycles. The van der Waals surface area contributed by atoms with E-state index in [2.05, 4.69) is 15.6 Å². The van der Waals surface area contributed by atoms with Crippen molar-refractivity contribution in [1.29, 1.82) is 0 Å². The maximum Gasteiger partial charge on any atom is 0.223 e. The molecule has 1 amide bonds. The molecule has 0 spiro atoms. The summed E-state index contributed by atoms with van der Waals surface area (Å²) in [6.45, 7) is 1.11. The fourth-order valence-corrected chi connectivity index (χ4v) is 4.51. The molecule has 2 saturated carbocycles. The summed E-state index contributed by atoms with van der Waals surface area (Å²) < 4.78 is 0. The van der Waals surface area contributed by atoms with E-state index < -0.39 is 0 Å². The molecule has 2 aliphatic rings. The highest BCUT2D eigenvalue weighted by atomic mass is 35.5. The minimum Gasteiger partial charge on any atom is -0.367 e. The van der Waals surface area contributed by atoms with Crippen LogP contribution in [0, 0.1) is 17.8 Å². The average molecular weight is 371 g/mol. The third kappa shape index (κ3) is 4.13. The van der Waals surface area contributed by atoms with Crippen LogP contribution in [0.4, 0.5) is 5.82 Å². The number of carbonyl (C=O) groups is 1. The topological polar surface area (TPSA) is 80.0 Å². The number of nitrogens with zero attached hydrogens (tertiary/aromatic N) is 1. The lowest BCUT2D eigenvalue weighted by molar-refractivity contribution is -0.127. The molecule has 0 radical (unpaired) electrons. The molecule has 4 N–H and O–H groups in total. The zero-order valence-corrected chi connectivity index (χ0v) is 15.1. The summed E-state index contributed by atoms with van der Waals surface area (Å²) in [4.78, 5) is 16.5. The number of amides is 1. The number of nitrogens with one attached hydrogen (secondary N) is 2. The van der Waals surface area contributed by atoms with E-state index in [1.807, 2.05) is 0 Å². The van der Waals surface area contributed by atoms with Gasteiger partial charge in [-0.15, -0.1) is 0 Å². The molecule has 0 aliphatic heterocycles. The Hall–Kier alpha value is -1.04. The van der Waals surface area contributed by atoms with Crippen molar-refractivity contribution in [2.24, 2.45) is 23.5 Å². The van der Waals surface area contributed by atoms with E-state index in [-0.39, 0.29) is 11.8 Å². The van der Waals surface area contributed by atoms with E-state index in [9.17, 15) is 4.79 Å². The van der Waals surface area contributed by atoms with Crippen LogP contribution in [0.15, 0.2) is 12.3 Å². The minimum atomic E-state index is 0.109. The van der Waals surface area contributed by atoms with Gasteiger partial charge < -0.3 is 16.4 Å². The van der Waals surface area contributed by atoms with Gasteiger partial charge in [-0.3, -0.25) is 4.79 Å². The van der Waals surface area contributed by atoms with Crippen LogP contribution in [0.1, 0.15) is 32.1 Å². The summed E-state index contributed by atoms with van der Waals surface area (Å²) in [6.07, 6.45) is 7.00. The van der Waals surface area contributed by atoms with Gasteiger partial charge >= 0.3 is 0 Å². The van der Waals surface area contributed by atoms with E-state index in [4.69, 9.17) is 28.9 Å². The summed E-state index contributed by atoms with van der Waals surface area (Å²) in [5, 5.41) is 7.10. The number of carbonyl (C=O) groups excluding carboxylic acids is 1. The number of halogens is 2. The minimum absolute atomic E-state index is 0.109. The van der Waals surface area contributed by atoms with Crippen LogP contribution in [0.5, 0.6) is 0 Å². The smallest absolute Gasteiger partial charge is 0.223 e. The molecule has 1 heterocycles. The normalized spacial score (nSPS) is 29.1. The van der Waals surface area contributed by atoms with Crippen LogP contribution in [0.2, 0.25) is 10.0 Å². The summed E-state index contributed by atoms with van der Waals surface area (Å²) in [5.74, 6) is 1.87. The van der Waals surface area contributed by atoms with Gasteiger partial charge in [-0.05, 0) is 43.6 Å². The molecule has 132 valence electrons. The quantitative estimate of drug-likeness (QED) is 0.695. The number of nitrogens with two attached hydrogens (primary N) is 1. The Morgan fingerprint density at radius 1 is 1.25 bits per heavy atom. The predicted molar refractivity (Wildman–Crippen MR) is 97.3 cm³/mol. The van der Waals surface area contributed by atoms with Crippen LogP contribution in [0.25, 0.3) is 0 Å². The van der Waals surface area contributed by atoms with Crippen molar-refractivity contribution in [2.75, 3.05) is 18.4 Å². The largest absolute Gasteiger partial charge is 0.367 e. The standard InChI is InChI=1S/C17H24Cl2N4O/c18-13-8-14(19)16(23-9-13)21-4-5-22-17(24)12-6-10-2-1-3-11(7-12)15(10)20/h8-12,15H,1-7,20H2,(H,21,23)(H,22,24). The van der Waals surface area contributed by atoms with Gasteiger partial charge in [-0.2, -0.15) is 0 Å². The van der Waals surface area contributed by atoms with Crippen molar-refractivity contribution >= 4 is 34.9 Å². The Morgan fingerprint density at radius 3 is 2.62 bits per heavy atom. The van der Waals surface area contributed by atoms with Crippen LogP contribution >= 0.6 is 23.2 Å².